The molecule has 0 bridgehead atoms. The van der Waals surface area contributed by atoms with Gasteiger partial charge in [-0.1, -0.05) is 37.3 Å². The van der Waals surface area contributed by atoms with Crippen molar-refractivity contribution >= 4 is 28.7 Å². The van der Waals surface area contributed by atoms with E-state index in [-0.39, 0.29) is 10.9 Å². The van der Waals surface area contributed by atoms with Gasteiger partial charge < -0.3 is 15.5 Å². The van der Waals surface area contributed by atoms with E-state index >= 15 is 4.39 Å². The van der Waals surface area contributed by atoms with Gasteiger partial charge in [0.15, 0.2) is 5.11 Å². The molecule has 7 heteroatoms. The fraction of sp³-hybridized carbons (Fsp3) is 0.458. The molecule has 4 N–H and O–H groups in total. The van der Waals surface area contributed by atoms with Crippen molar-refractivity contribution in [2.24, 2.45) is 11.7 Å². The van der Waals surface area contributed by atoms with Crippen molar-refractivity contribution in [1.82, 2.24) is 10.9 Å². The van der Waals surface area contributed by atoms with Crippen LogP contribution in [-0.4, -0.2) is 31.3 Å². The molecule has 166 valence electrons. The fourth-order valence-electron chi connectivity index (χ4n) is 4.83. The number of hydrazine groups is 1. The van der Waals surface area contributed by atoms with Gasteiger partial charge in [0.05, 0.1) is 5.69 Å². The normalized spacial score (nSPS) is 19.6. The Kier molecular flexibility index (Phi) is 6.92. The lowest BCUT2D eigenvalue weighted by atomic mass is 9.89. The van der Waals surface area contributed by atoms with Crippen LogP contribution in [0.4, 0.5) is 15.8 Å². The van der Waals surface area contributed by atoms with Gasteiger partial charge in [0.25, 0.3) is 0 Å². The van der Waals surface area contributed by atoms with Gasteiger partial charge in [-0.05, 0) is 66.6 Å². The van der Waals surface area contributed by atoms with E-state index < -0.39 is 0 Å². The largest absolute Gasteiger partial charge is 0.375 e. The smallest absolute Gasteiger partial charge is 0.178 e. The fourth-order valence-corrected chi connectivity index (χ4v) is 4.90. The summed E-state index contributed by atoms with van der Waals surface area (Å²) in [5.41, 5.74) is 15.4. The summed E-state index contributed by atoms with van der Waals surface area (Å²) >= 11 is 4.86. The van der Waals surface area contributed by atoms with Crippen LogP contribution in [0.25, 0.3) is 0 Å². The summed E-state index contributed by atoms with van der Waals surface area (Å²) < 4.78 is 15.2. The van der Waals surface area contributed by atoms with E-state index in [1.54, 1.807) is 6.07 Å². The van der Waals surface area contributed by atoms with Crippen LogP contribution in [-0.2, 0) is 6.54 Å². The number of nitrogens with zero attached hydrogens (tertiary/aromatic N) is 2. The third kappa shape index (κ3) is 5.28. The van der Waals surface area contributed by atoms with Crippen LogP contribution < -0.4 is 26.4 Å². The van der Waals surface area contributed by atoms with E-state index in [0.29, 0.717) is 24.1 Å². The maximum Gasteiger partial charge on any atom is 0.178 e. The quantitative estimate of drug-likeness (QED) is 0.467. The lowest BCUT2D eigenvalue weighted by Crippen LogP contribution is -2.40. The molecule has 2 heterocycles. The summed E-state index contributed by atoms with van der Waals surface area (Å²) in [5, 5.41) is 0.176. The summed E-state index contributed by atoms with van der Waals surface area (Å²) in [5.74, 6) is 1.03. The van der Waals surface area contributed by atoms with Gasteiger partial charge >= 0.3 is 0 Å². The number of nitrogens with one attached hydrogen (secondary N) is 2. The molecule has 5 nitrogen and oxygen atoms in total. The molecular weight excluding hydrogens is 409 g/mol. The molecule has 2 saturated heterocycles. The number of hydrogen-bond donors (Lipinski definition) is 3. The van der Waals surface area contributed by atoms with E-state index in [2.05, 4.69) is 57.9 Å². The molecule has 1 atom stereocenters. The maximum atomic E-state index is 15.2. The Balaban J connectivity index is 1.53. The Hall–Kier alpha value is -2.38. The molecule has 0 unspecified atom stereocenters. The zero-order chi connectivity index (χ0) is 21.8. The predicted octanol–water partition coefficient (Wildman–Crippen LogP) is 3.89. The number of piperidine rings is 1. The van der Waals surface area contributed by atoms with Crippen LogP contribution >= 0.6 is 12.2 Å². The second-order valence-corrected chi connectivity index (χ2v) is 9.23. The van der Waals surface area contributed by atoms with Crippen LogP contribution in [0.1, 0.15) is 43.2 Å². The molecule has 0 aromatic heterocycles. The van der Waals surface area contributed by atoms with Crippen LogP contribution in [0.3, 0.4) is 0 Å². The van der Waals surface area contributed by atoms with Gasteiger partial charge in [-0.15, -0.1) is 0 Å². The van der Waals surface area contributed by atoms with E-state index in [1.807, 2.05) is 6.07 Å². The molecule has 0 aliphatic carbocycles. The first kappa shape index (κ1) is 21.8. The van der Waals surface area contributed by atoms with Crippen molar-refractivity contribution in [3.8, 4) is 0 Å². The third-order valence-electron chi connectivity index (χ3n) is 6.51. The Morgan fingerprint density at radius 3 is 2.42 bits per heavy atom. The number of benzene rings is 2. The zero-order valence-corrected chi connectivity index (χ0v) is 18.9. The Morgan fingerprint density at radius 2 is 1.77 bits per heavy atom. The van der Waals surface area contributed by atoms with Crippen molar-refractivity contribution in [2.45, 2.75) is 38.6 Å². The average molecular weight is 442 g/mol. The van der Waals surface area contributed by atoms with Crippen LogP contribution in [0, 0.1) is 11.7 Å². The van der Waals surface area contributed by atoms with Crippen LogP contribution in [0.15, 0.2) is 42.5 Å². The Labute approximate surface area is 189 Å². The van der Waals surface area contributed by atoms with E-state index in [1.165, 1.54) is 5.56 Å². The van der Waals surface area contributed by atoms with E-state index in [9.17, 15) is 0 Å². The molecule has 0 spiro atoms. The highest BCUT2D eigenvalue weighted by Crippen LogP contribution is 2.36. The first-order valence-corrected chi connectivity index (χ1v) is 11.6. The molecule has 0 saturated carbocycles. The predicted molar refractivity (Wildman–Crippen MR) is 130 cm³/mol. The Bertz CT molecular complexity index is 898. The van der Waals surface area contributed by atoms with Gasteiger partial charge in [0.2, 0.25) is 0 Å². The number of anilines is 2. The van der Waals surface area contributed by atoms with Gasteiger partial charge in [-0.25, -0.2) is 9.82 Å². The van der Waals surface area contributed by atoms with Gasteiger partial charge in [-0.3, -0.25) is 5.43 Å². The number of halogens is 1. The first-order chi connectivity index (χ1) is 15.0. The van der Waals surface area contributed by atoms with Crippen molar-refractivity contribution in [3.63, 3.8) is 0 Å². The minimum absolute atomic E-state index is 0.165. The lowest BCUT2D eigenvalue weighted by Gasteiger charge is -2.35. The molecule has 2 aromatic carbocycles. The summed E-state index contributed by atoms with van der Waals surface area (Å²) in [6.07, 6.45) is 3.24. The third-order valence-corrected chi connectivity index (χ3v) is 6.61. The highest BCUT2D eigenvalue weighted by Gasteiger charge is 2.26. The summed E-state index contributed by atoms with van der Waals surface area (Å²) in [6, 6.07) is 14.4. The molecule has 31 heavy (non-hydrogen) atoms. The van der Waals surface area contributed by atoms with Crippen molar-refractivity contribution in [2.75, 3.05) is 36.0 Å². The highest BCUT2D eigenvalue weighted by atomic mass is 32.1. The second-order valence-electron chi connectivity index (χ2n) is 8.79. The van der Waals surface area contributed by atoms with Gasteiger partial charge in [0.1, 0.15) is 5.82 Å². The molecule has 2 aliphatic rings. The molecule has 2 aliphatic heterocycles. The summed E-state index contributed by atoms with van der Waals surface area (Å²) in [7, 11) is 0. The summed E-state index contributed by atoms with van der Waals surface area (Å²) in [6.45, 7) is 6.45. The topological polar surface area (TPSA) is 56.6 Å². The maximum absolute atomic E-state index is 15.2. The van der Waals surface area contributed by atoms with Crippen molar-refractivity contribution in [3.05, 3.63) is 59.4 Å². The average Bonchev–Trinajstić information content (AvgIpc) is 3.20. The van der Waals surface area contributed by atoms with Crippen molar-refractivity contribution < 1.29 is 4.39 Å². The monoisotopic (exact) mass is 441 g/mol. The minimum Gasteiger partial charge on any atom is -0.375 e. The standard InChI is InChI=1S/C24H32FN5S/c1-17-7-10-30(16-17)22-14-23(21(25)13-20(22)15-27-28-24(26)31)29-11-8-19(9-12-29)18-5-3-2-4-6-18/h2-6,13-14,17,19,27H,7-12,15-16H2,1H3,(H3,26,28,31)/t17-/m1/s1. The number of thiocarbonyl (C=S) groups is 1. The first-order valence-electron chi connectivity index (χ1n) is 11.2. The number of nitrogens with two attached hydrogens (primary N) is 1. The van der Waals surface area contributed by atoms with Crippen molar-refractivity contribution in [1.29, 1.82) is 0 Å². The number of rotatable bonds is 6. The SMILES string of the molecule is C[C@@H]1CCN(c2cc(N3CCC(c4ccccc4)CC3)c(F)cc2CNNC(N)=S)C1. The van der Waals surface area contributed by atoms with Crippen LogP contribution in [0.2, 0.25) is 0 Å². The number of hydrogen-bond acceptors (Lipinski definition) is 4. The molecule has 2 fully saturated rings. The molecular formula is C24H32FN5S. The van der Waals surface area contributed by atoms with E-state index in [4.69, 9.17) is 18.0 Å². The lowest BCUT2D eigenvalue weighted by molar-refractivity contribution is 0.497. The molecule has 4 rings (SSSR count). The molecule has 2 aromatic rings. The zero-order valence-electron chi connectivity index (χ0n) is 18.1. The molecule has 0 amide bonds. The Morgan fingerprint density at radius 1 is 1.06 bits per heavy atom. The highest BCUT2D eigenvalue weighted by molar-refractivity contribution is 7.80. The van der Waals surface area contributed by atoms with Crippen LogP contribution in [0.5, 0.6) is 0 Å². The van der Waals surface area contributed by atoms with Gasteiger partial charge in [-0.2, -0.15) is 0 Å². The van der Waals surface area contributed by atoms with E-state index in [0.717, 1.165) is 56.7 Å². The summed E-state index contributed by atoms with van der Waals surface area (Å²) in [4.78, 5) is 4.59. The minimum atomic E-state index is -0.165. The second kappa shape index (κ2) is 9.83. The molecule has 0 radical (unpaired) electrons. The van der Waals surface area contributed by atoms with Gasteiger partial charge in [0, 0.05) is 38.4 Å².